The number of nitrogens with zero attached hydrogens (tertiary/aromatic N) is 1. The van der Waals surface area contributed by atoms with Crippen molar-refractivity contribution in [2.24, 2.45) is 0 Å². The van der Waals surface area contributed by atoms with Crippen molar-refractivity contribution in [3.05, 3.63) is 50.7 Å². The number of aryl methyl sites for hydroxylation is 2. The minimum absolute atomic E-state index is 0.198. The number of carbonyl (C=O) groups is 4. The average molecular weight is 426 g/mol. The lowest BCUT2D eigenvalue weighted by molar-refractivity contribution is -0.136. The Balaban J connectivity index is 1.36. The van der Waals surface area contributed by atoms with Crippen molar-refractivity contribution in [2.45, 2.75) is 45.8 Å². The van der Waals surface area contributed by atoms with E-state index in [4.69, 9.17) is 0 Å². The quantitative estimate of drug-likeness (QED) is 0.653. The lowest BCUT2D eigenvalue weighted by atomic mass is 10.0. The summed E-state index contributed by atoms with van der Waals surface area (Å²) in [5.41, 5.74) is 3.61. The number of anilines is 1. The van der Waals surface area contributed by atoms with Crippen LogP contribution in [0.1, 0.15) is 44.1 Å². The molecule has 9 heteroatoms. The van der Waals surface area contributed by atoms with Crippen LogP contribution in [0.3, 0.4) is 0 Å². The number of para-hydroxylation sites is 1. The summed E-state index contributed by atoms with van der Waals surface area (Å²) >= 11 is 1.32. The Labute approximate surface area is 177 Å². The predicted molar refractivity (Wildman–Crippen MR) is 112 cm³/mol. The highest BCUT2D eigenvalue weighted by Gasteiger charge is 2.40. The van der Waals surface area contributed by atoms with Crippen LogP contribution in [0.5, 0.6) is 0 Å². The minimum Gasteiger partial charge on any atom is -0.333 e. The Kier molecular flexibility index (Phi) is 5.29. The molecule has 0 radical (unpaired) electrons. The number of fused-ring (bicyclic) bond motifs is 1. The van der Waals surface area contributed by atoms with Gasteiger partial charge in [-0.25, -0.2) is 4.79 Å². The van der Waals surface area contributed by atoms with Crippen LogP contribution >= 0.6 is 11.3 Å². The summed E-state index contributed by atoms with van der Waals surface area (Å²) in [7, 11) is 0. The molecule has 2 aliphatic rings. The topological polar surface area (TPSA) is 108 Å². The molecule has 8 nitrogen and oxygen atoms in total. The van der Waals surface area contributed by atoms with Crippen molar-refractivity contribution >= 4 is 40.8 Å². The largest absolute Gasteiger partial charge is 0.333 e. The molecular formula is C21H22N4O4S. The second-order valence-corrected chi connectivity index (χ2v) is 8.68. The molecule has 2 aromatic rings. The first-order valence-electron chi connectivity index (χ1n) is 9.71. The van der Waals surface area contributed by atoms with Gasteiger partial charge in [0, 0.05) is 23.5 Å². The average Bonchev–Trinajstić information content (AvgIpc) is 3.22. The Morgan fingerprint density at radius 3 is 2.63 bits per heavy atom. The summed E-state index contributed by atoms with van der Waals surface area (Å²) in [6.45, 7) is 4.52. The predicted octanol–water partition coefficient (Wildman–Crippen LogP) is 2.45. The van der Waals surface area contributed by atoms with E-state index in [1.165, 1.54) is 16.2 Å². The highest BCUT2D eigenvalue weighted by atomic mass is 32.1. The smallest absolute Gasteiger partial charge is 0.319 e. The summed E-state index contributed by atoms with van der Waals surface area (Å²) in [5, 5.41) is 7.99. The first kappa shape index (κ1) is 20.1. The van der Waals surface area contributed by atoms with Crippen LogP contribution < -0.4 is 16.0 Å². The third kappa shape index (κ3) is 3.80. The highest BCUT2D eigenvalue weighted by Crippen LogP contribution is 2.33. The van der Waals surface area contributed by atoms with Gasteiger partial charge >= 0.3 is 6.03 Å². The van der Waals surface area contributed by atoms with Crippen molar-refractivity contribution in [3.63, 3.8) is 0 Å². The lowest BCUT2D eigenvalue weighted by Gasteiger charge is -2.29. The Hall–Kier alpha value is -3.20. The molecule has 156 valence electrons. The van der Waals surface area contributed by atoms with Gasteiger partial charge in [0.1, 0.15) is 6.04 Å². The van der Waals surface area contributed by atoms with Crippen molar-refractivity contribution in [1.29, 1.82) is 0 Å². The van der Waals surface area contributed by atoms with Crippen LogP contribution in [0.4, 0.5) is 10.5 Å². The van der Waals surface area contributed by atoms with Gasteiger partial charge in [-0.3, -0.25) is 19.7 Å². The zero-order chi connectivity index (χ0) is 21.4. The summed E-state index contributed by atoms with van der Waals surface area (Å²) < 4.78 is 0. The van der Waals surface area contributed by atoms with E-state index in [0.29, 0.717) is 24.4 Å². The number of carbonyl (C=O) groups excluding carboxylic acids is 4. The zero-order valence-corrected chi connectivity index (χ0v) is 17.5. The van der Waals surface area contributed by atoms with Crippen molar-refractivity contribution in [1.82, 2.24) is 15.5 Å². The fraction of sp³-hybridized carbons (Fsp3) is 0.333. The minimum atomic E-state index is -0.612. The van der Waals surface area contributed by atoms with Gasteiger partial charge < -0.3 is 15.5 Å². The van der Waals surface area contributed by atoms with E-state index in [-0.39, 0.29) is 24.3 Å². The van der Waals surface area contributed by atoms with Crippen molar-refractivity contribution in [3.8, 4) is 0 Å². The summed E-state index contributed by atoms with van der Waals surface area (Å²) in [6.07, 6.45) is 0.580. The highest BCUT2D eigenvalue weighted by molar-refractivity contribution is 7.14. The molecule has 0 spiro atoms. The van der Waals surface area contributed by atoms with Gasteiger partial charge in [-0.2, -0.15) is 0 Å². The lowest BCUT2D eigenvalue weighted by Crippen LogP contribution is -2.52. The van der Waals surface area contributed by atoms with Crippen LogP contribution in [0.25, 0.3) is 0 Å². The number of rotatable bonds is 4. The molecule has 1 aromatic heterocycles. The van der Waals surface area contributed by atoms with Crippen molar-refractivity contribution < 1.29 is 19.2 Å². The van der Waals surface area contributed by atoms with Gasteiger partial charge in [0.05, 0.1) is 11.4 Å². The summed E-state index contributed by atoms with van der Waals surface area (Å²) in [6, 6.07) is 6.79. The molecule has 0 bridgehead atoms. The van der Waals surface area contributed by atoms with Gasteiger partial charge in [-0.05, 0) is 43.0 Å². The molecule has 1 atom stereocenters. The summed E-state index contributed by atoms with van der Waals surface area (Å²) in [5.74, 6) is -0.916. The molecule has 5 amide bonds. The number of hydrogen-bond acceptors (Lipinski definition) is 5. The normalized spacial score (nSPS) is 18.3. The maximum absolute atomic E-state index is 12.8. The molecule has 1 fully saturated rings. The molecule has 1 unspecified atom stereocenters. The van der Waals surface area contributed by atoms with E-state index >= 15 is 0 Å². The fourth-order valence-corrected chi connectivity index (χ4v) is 4.89. The molecule has 0 aliphatic carbocycles. The second-order valence-electron chi connectivity index (χ2n) is 7.54. The standard InChI is InChI=1S/C21H22N4O4S/c1-11-4-3-5-12(2)17(11)24-21(29)22-9-14-8-13-10-25(20(28)18(13)30-14)15-6-7-16(26)23-19(15)27/h3-5,8,15H,6-7,9-10H2,1-2H3,(H2,22,24,29)(H,23,26,27). The summed E-state index contributed by atoms with van der Waals surface area (Å²) in [4.78, 5) is 51.4. The molecule has 2 aliphatic heterocycles. The van der Waals surface area contributed by atoms with Crippen LogP contribution in [0.2, 0.25) is 0 Å². The third-order valence-electron chi connectivity index (χ3n) is 5.38. The van der Waals surface area contributed by atoms with E-state index in [1.54, 1.807) is 0 Å². The van der Waals surface area contributed by atoms with Crippen molar-refractivity contribution in [2.75, 3.05) is 5.32 Å². The molecule has 3 heterocycles. The number of piperidine rings is 1. The third-order valence-corrected chi connectivity index (χ3v) is 6.55. The molecule has 4 rings (SSSR count). The number of benzene rings is 1. The molecule has 3 N–H and O–H groups in total. The second kappa shape index (κ2) is 7.91. The first-order valence-corrected chi connectivity index (χ1v) is 10.5. The number of nitrogens with one attached hydrogen (secondary N) is 3. The van der Waals surface area contributed by atoms with E-state index in [9.17, 15) is 19.2 Å². The van der Waals surface area contributed by atoms with Crippen LogP contribution in [-0.2, 0) is 22.7 Å². The van der Waals surface area contributed by atoms with Crippen LogP contribution in [0, 0.1) is 13.8 Å². The first-order chi connectivity index (χ1) is 14.3. The van der Waals surface area contributed by atoms with Gasteiger partial charge in [0.25, 0.3) is 5.91 Å². The maximum atomic E-state index is 12.8. The van der Waals surface area contributed by atoms with E-state index < -0.39 is 11.9 Å². The van der Waals surface area contributed by atoms with Gasteiger partial charge in [-0.1, -0.05) is 18.2 Å². The van der Waals surface area contributed by atoms with Crippen LogP contribution in [-0.4, -0.2) is 34.7 Å². The van der Waals surface area contributed by atoms with Gasteiger partial charge in [-0.15, -0.1) is 11.3 Å². The SMILES string of the molecule is Cc1cccc(C)c1NC(=O)NCc1cc2c(s1)C(=O)N(C1CCC(=O)NC1=O)C2. The van der Waals surface area contributed by atoms with E-state index in [1.807, 2.05) is 38.1 Å². The maximum Gasteiger partial charge on any atom is 0.319 e. The van der Waals surface area contributed by atoms with Gasteiger partial charge in [0.2, 0.25) is 11.8 Å². The number of hydrogen-bond donors (Lipinski definition) is 3. The number of urea groups is 1. The molecular weight excluding hydrogens is 404 g/mol. The Morgan fingerprint density at radius 1 is 1.23 bits per heavy atom. The zero-order valence-electron chi connectivity index (χ0n) is 16.7. The monoisotopic (exact) mass is 426 g/mol. The van der Waals surface area contributed by atoms with Crippen LogP contribution in [0.15, 0.2) is 24.3 Å². The van der Waals surface area contributed by atoms with E-state index in [0.717, 1.165) is 27.3 Å². The van der Waals surface area contributed by atoms with Gasteiger partial charge in [0.15, 0.2) is 0 Å². The number of amides is 5. The number of thiophene rings is 1. The molecule has 1 aromatic carbocycles. The molecule has 30 heavy (non-hydrogen) atoms. The Bertz CT molecular complexity index is 1040. The molecule has 1 saturated heterocycles. The van der Waals surface area contributed by atoms with E-state index in [2.05, 4.69) is 16.0 Å². The Morgan fingerprint density at radius 2 is 1.97 bits per heavy atom. The fourth-order valence-electron chi connectivity index (χ4n) is 3.83. The number of imide groups is 1. The molecule has 0 saturated carbocycles.